The van der Waals surface area contributed by atoms with Crippen LogP contribution in [0, 0.1) is 0 Å². The predicted octanol–water partition coefficient (Wildman–Crippen LogP) is 1.35. The van der Waals surface area contributed by atoms with Gasteiger partial charge in [0.2, 0.25) is 0 Å². The van der Waals surface area contributed by atoms with E-state index < -0.39 is 36.7 Å². The first-order chi connectivity index (χ1) is 10.6. The van der Waals surface area contributed by atoms with Crippen molar-refractivity contribution in [3.05, 3.63) is 35.9 Å². The second-order valence-electron chi connectivity index (χ2n) is 4.86. The minimum Gasteiger partial charge on any atom is -0.453 e. The Kier molecular flexibility index (Phi) is 6.34. The van der Waals surface area contributed by atoms with Crippen molar-refractivity contribution in [3.63, 3.8) is 0 Å². The van der Waals surface area contributed by atoms with Crippen LogP contribution < -0.4 is 0 Å². The van der Waals surface area contributed by atoms with Crippen LogP contribution in [0.2, 0.25) is 0 Å². The fourth-order valence-electron chi connectivity index (χ4n) is 2.45. The first-order valence-corrected chi connectivity index (χ1v) is 7.95. The van der Waals surface area contributed by atoms with Crippen molar-refractivity contribution in [1.82, 2.24) is 0 Å². The lowest BCUT2D eigenvalue weighted by atomic mass is 9.99. The third kappa shape index (κ3) is 3.67. The number of benzene rings is 1. The molecule has 2 rings (SSSR count). The average molecular weight is 375 g/mol. The van der Waals surface area contributed by atoms with Gasteiger partial charge in [0.15, 0.2) is 12.4 Å². The first kappa shape index (κ1) is 17.4. The van der Waals surface area contributed by atoms with E-state index >= 15 is 0 Å². The monoisotopic (exact) mass is 374 g/mol. The van der Waals surface area contributed by atoms with E-state index in [1.54, 1.807) is 24.3 Å². The number of ether oxygens (including phenoxy) is 4. The molecule has 0 aromatic heterocycles. The van der Waals surface area contributed by atoms with Gasteiger partial charge in [-0.15, -0.1) is 0 Å². The molecule has 0 bridgehead atoms. The van der Waals surface area contributed by atoms with Crippen molar-refractivity contribution in [2.45, 2.75) is 30.7 Å². The van der Waals surface area contributed by atoms with E-state index in [1.807, 2.05) is 6.07 Å². The topological polar surface area (TPSA) is 74.2 Å². The van der Waals surface area contributed by atoms with Crippen LogP contribution in [-0.4, -0.2) is 61.3 Å². The van der Waals surface area contributed by atoms with Crippen LogP contribution in [0.3, 0.4) is 0 Å². The Balaban J connectivity index is 2.19. The second-order valence-corrected chi connectivity index (χ2v) is 5.50. The van der Waals surface area contributed by atoms with Gasteiger partial charge in [0.05, 0.1) is 5.56 Å². The molecule has 1 aliphatic rings. The Morgan fingerprint density at radius 3 is 2.36 bits per heavy atom. The number of carbonyl (C=O) groups is 1. The summed E-state index contributed by atoms with van der Waals surface area (Å²) in [4.78, 5) is 12.3. The van der Waals surface area contributed by atoms with Crippen molar-refractivity contribution in [1.29, 1.82) is 0 Å². The molecule has 1 N–H and O–H groups in total. The highest BCUT2D eigenvalue weighted by molar-refractivity contribution is 9.09. The lowest BCUT2D eigenvalue weighted by molar-refractivity contribution is -0.285. The van der Waals surface area contributed by atoms with Crippen LogP contribution in [0.15, 0.2) is 30.3 Å². The van der Waals surface area contributed by atoms with Crippen LogP contribution in [-0.2, 0) is 18.9 Å². The number of methoxy groups -OCH3 is 2. The van der Waals surface area contributed by atoms with Gasteiger partial charge in [-0.3, -0.25) is 0 Å². The van der Waals surface area contributed by atoms with Crippen molar-refractivity contribution in [3.8, 4) is 0 Å². The molecule has 7 heteroatoms. The summed E-state index contributed by atoms with van der Waals surface area (Å²) in [5, 5.41) is 10.3. The lowest BCUT2D eigenvalue weighted by Crippen LogP contribution is -2.60. The van der Waals surface area contributed by atoms with E-state index in [0.717, 1.165) is 0 Å². The molecule has 0 unspecified atom stereocenters. The number of rotatable bonds is 5. The quantitative estimate of drug-likeness (QED) is 0.619. The van der Waals surface area contributed by atoms with Crippen LogP contribution in [0.25, 0.3) is 0 Å². The van der Waals surface area contributed by atoms with Crippen molar-refractivity contribution < 1.29 is 28.8 Å². The zero-order valence-corrected chi connectivity index (χ0v) is 13.9. The molecule has 0 saturated carbocycles. The summed E-state index contributed by atoms with van der Waals surface area (Å²) < 4.78 is 21.6. The second kappa shape index (κ2) is 8.03. The van der Waals surface area contributed by atoms with Crippen LogP contribution in [0.4, 0.5) is 0 Å². The fourth-order valence-corrected chi connectivity index (χ4v) is 2.97. The molecule has 0 amide bonds. The van der Waals surface area contributed by atoms with E-state index in [0.29, 0.717) is 10.9 Å². The van der Waals surface area contributed by atoms with E-state index in [-0.39, 0.29) is 0 Å². The van der Waals surface area contributed by atoms with Crippen molar-refractivity contribution in [2.75, 3.05) is 19.5 Å². The maximum Gasteiger partial charge on any atom is 0.338 e. The molecular formula is C15H19BrO6. The minimum atomic E-state index is -1.15. The average Bonchev–Trinajstić information content (AvgIpc) is 2.56. The molecule has 6 nitrogen and oxygen atoms in total. The highest BCUT2D eigenvalue weighted by atomic mass is 79.9. The summed E-state index contributed by atoms with van der Waals surface area (Å²) in [6.07, 6.45) is -3.77. The molecule has 1 heterocycles. The fraction of sp³-hybridized carbons (Fsp3) is 0.533. The molecule has 22 heavy (non-hydrogen) atoms. The molecule has 1 aromatic carbocycles. The maximum absolute atomic E-state index is 12.3. The SMILES string of the molecule is CO[C@@H]1[C@@H](OC)[C@@H](O)O[C@H](CBr)[C@H]1OC(=O)c1ccccc1. The number of hydrogen-bond donors (Lipinski definition) is 1. The molecule has 0 spiro atoms. The van der Waals surface area contributed by atoms with E-state index in [9.17, 15) is 9.90 Å². The molecule has 1 fully saturated rings. The summed E-state index contributed by atoms with van der Waals surface area (Å²) in [6, 6.07) is 8.66. The van der Waals surface area contributed by atoms with Crippen LogP contribution >= 0.6 is 15.9 Å². The summed E-state index contributed by atoms with van der Waals surface area (Å²) in [5.41, 5.74) is 0.436. The number of alkyl halides is 1. The smallest absolute Gasteiger partial charge is 0.338 e. The molecule has 0 radical (unpaired) electrons. The molecule has 122 valence electrons. The summed E-state index contributed by atoms with van der Waals surface area (Å²) >= 11 is 3.30. The van der Waals surface area contributed by atoms with Gasteiger partial charge >= 0.3 is 5.97 Å². The summed E-state index contributed by atoms with van der Waals surface area (Å²) in [6.45, 7) is 0. The third-order valence-corrected chi connectivity index (χ3v) is 4.20. The van der Waals surface area contributed by atoms with E-state index in [1.165, 1.54) is 14.2 Å². The number of aliphatic hydroxyl groups is 1. The first-order valence-electron chi connectivity index (χ1n) is 6.83. The van der Waals surface area contributed by atoms with Gasteiger partial charge in [-0.2, -0.15) is 0 Å². The maximum atomic E-state index is 12.3. The molecule has 5 atom stereocenters. The normalized spacial score (nSPS) is 31.7. The predicted molar refractivity (Wildman–Crippen MR) is 81.9 cm³/mol. The third-order valence-electron chi connectivity index (χ3n) is 3.56. The Morgan fingerprint density at radius 1 is 1.18 bits per heavy atom. The molecule has 1 aromatic rings. The number of hydrogen-bond acceptors (Lipinski definition) is 6. The Hall–Kier alpha value is -0.990. The van der Waals surface area contributed by atoms with Crippen molar-refractivity contribution >= 4 is 21.9 Å². The van der Waals surface area contributed by atoms with Gasteiger partial charge in [-0.1, -0.05) is 34.1 Å². The van der Waals surface area contributed by atoms with Crippen molar-refractivity contribution in [2.24, 2.45) is 0 Å². The molecule has 1 saturated heterocycles. The van der Waals surface area contributed by atoms with Gasteiger partial charge in [-0.25, -0.2) is 4.79 Å². The number of aliphatic hydroxyl groups excluding tert-OH is 1. The minimum absolute atomic E-state index is 0.382. The Bertz CT molecular complexity index is 482. The molecular weight excluding hydrogens is 356 g/mol. The molecule has 1 aliphatic heterocycles. The zero-order chi connectivity index (χ0) is 16.1. The number of carbonyl (C=O) groups excluding carboxylic acids is 1. The summed E-state index contributed by atoms with van der Waals surface area (Å²) in [5.74, 6) is -0.478. The standard InChI is InChI=1S/C15H19BrO6/c1-19-12-11(10(8-16)21-15(18)13(12)20-2)22-14(17)9-6-4-3-5-7-9/h3-7,10-13,15,18H,8H2,1-2H3/t10-,11-,12+,13-,15+/m1/s1. The highest BCUT2D eigenvalue weighted by Gasteiger charge is 2.47. The number of halogens is 1. The van der Waals surface area contributed by atoms with Gasteiger partial charge < -0.3 is 24.1 Å². The van der Waals surface area contributed by atoms with Crippen LogP contribution in [0.5, 0.6) is 0 Å². The highest BCUT2D eigenvalue weighted by Crippen LogP contribution is 2.28. The van der Waals surface area contributed by atoms with Gasteiger partial charge in [0, 0.05) is 19.5 Å². The van der Waals surface area contributed by atoms with Crippen LogP contribution in [0.1, 0.15) is 10.4 Å². The lowest BCUT2D eigenvalue weighted by Gasteiger charge is -2.42. The van der Waals surface area contributed by atoms with Gasteiger partial charge in [0.25, 0.3) is 0 Å². The van der Waals surface area contributed by atoms with E-state index in [2.05, 4.69) is 15.9 Å². The Labute approximate surface area is 137 Å². The largest absolute Gasteiger partial charge is 0.453 e. The summed E-state index contributed by atoms with van der Waals surface area (Å²) in [7, 11) is 2.91. The number of esters is 1. The Morgan fingerprint density at radius 2 is 1.82 bits per heavy atom. The van der Waals surface area contributed by atoms with Gasteiger partial charge in [0.1, 0.15) is 18.3 Å². The van der Waals surface area contributed by atoms with Gasteiger partial charge in [-0.05, 0) is 12.1 Å². The molecule has 0 aliphatic carbocycles. The zero-order valence-electron chi connectivity index (χ0n) is 12.3. The van der Waals surface area contributed by atoms with E-state index in [4.69, 9.17) is 18.9 Å².